The zero-order valence-electron chi connectivity index (χ0n) is 81.5. The quantitative estimate of drug-likeness (QED) is 0.00728. The molecule has 1 aliphatic heterocycles. The van der Waals surface area contributed by atoms with Crippen molar-refractivity contribution >= 4 is 136 Å². The predicted molar refractivity (Wildman–Crippen MR) is 509 cm³/mol. The molecule has 57 heteroatoms. The molecule has 25 fully saturated rings. The molecule has 0 spiro atoms. The number of hydrogen-bond acceptors (Lipinski definition) is 30. The number of nitrogens with zero attached hydrogens (tertiary/aromatic N) is 1. The summed E-state index contributed by atoms with van der Waals surface area (Å²) >= 11 is 0. The second kappa shape index (κ2) is 45.9. The lowest BCUT2D eigenvalue weighted by atomic mass is 9.48. The maximum Gasteiger partial charge on any atom is 0.359 e. The van der Waals surface area contributed by atoms with Crippen LogP contribution in [0.2, 0.25) is 0 Å². The number of carbonyl (C=O) groups is 5. The summed E-state index contributed by atoms with van der Waals surface area (Å²) in [5, 5.41) is 18.3. The number of amides is 1. The molecule has 39 nitrogen and oxygen atoms in total. The number of aliphatic hydroxyl groups is 1. The van der Waals surface area contributed by atoms with Crippen LogP contribution in [-0.4, -0.2) is 249 Å². The Bertz CT molecular complexity index is 5740. The highest BCUT2D eigenvalue weighted by molar-refractivity contribution is 8.07. The average molecular weight is 2310 g/mol. The van der Waals surface area contributed by atoms with Crippen LogP contribution in [0.1, 0.15) is 322 Å². The van der Waals surface area contributed by atoms with Crippen molar-refractivity contribution in [1.29, 1.82) is 5.41 Å². The predicted octanol–water partition coefficient (Wildman–Crippen LogP) is 13.6. The molecule has 25 rings (SSSR count). The van der Waals surface area contributed by atoms with Gasteiger partial charge < -0.3 is 24.9 Å². The minimum atomic E-state index is -5.32. The van der Waals surface area contributed by atoms with Crippen LogP contribution in [0.25, 0.3) is 0 Å². The van der Waals surface area contributed by atoms with Crippen molar-refractivity contribution in [3.8, 4) is 0 Å². The maximum absolute atomic E-state index is 13.8. The van der Waals surface area contributed by atoms with E-state index in [0.29, 0.717) is 193 Å². The molecule has 24 aliphatic carbocycles. The lowest BCUT2D eigenvalue weighted by Crippen LogP contribution is -2.60. The van der Waals surface area contributed by atoms with Gasteiger partial charge in [0.15, 0.2) is 11.6 Å². The molecule has 0 radical (unpaired) electrons. The monoisotopic (exact) mass is 2310 g/mol. The normalized spacial score (nSPS) is 37.2. The number of nitrogens with one attached hydrogen (secondary N) is 1. The second-order valence-electron chi connectivity index (χ2n) is 46.8. The number of likely N-dealkylation sites (tertiary alicyclic amines) is 1. The van der Waals surface area contributed by atoms with Gasteiger partial charge in [0, 0.05) is 36.8 Å². The first-order valence-electron chi connectivity index (χ1n) is 50.7. The summed E-state index contributed by atoms with van der Waals surface area (Å²) in [6.07, 6.45) is 40.2. The first-order valence-corrected chi connectivity index (χ1v) is 65.7. The van der Waals surface area contributed by atoms with Crippen LogP contribution in [0.3, 0.4) is 0 Å². The molecule has 1 heterocycles. The van der Waals surface area contributed by atoms with Gasteiger partial charge in [0.25, 0.3) is 22.4 Å². The van der Waals surface area contributed by atoms with E-state index in [1.54, 1.807) is 0 Å². The van der Waals surface area contributed by atoms with Crippen molar-refractivity contribution < 1.29 is 198 Å². The molecule has 147 heavy (non-hydrogen) atoms. The van der Waals surface area contributed by atoms with E-state index >= 15 is 0 Å². The fraction of sp³-hybridized carbons (Fsp3) is 0.933. The molecule has 25 aliphatic rings. The molecule has 10 unspecified atom stereocenters. The van der Waals surface area contributed by atoms with E-state index in [4.69, 9.17) is 55.5 Å². The first-order chi connectivity index (χ1) is 67.5. The minimum Gasteiger partial charge on any atom is -0.456 e. The molecule has 0 aromatic carbocycles. The number of hydrogen-bond donors (Lipinski definition) is 10. The number of carbonyl (C=O) groups excluding carboxylic acids is 5. The summed E-state index contributed by atoms with van der Waals surface area (Å²) in [7, 11) is -49.7. The molecule has 0 aromatic rings. The van der Waals surface area contributed by atoms with E-state index in [2.05, 4.69) is 6.92 Å². The molecule has 10 atom stereocenters. The number of sulfone groups is 1. The van der Waals surface area contributed by atoms with Gasteiger partial charge in [-0.25, -0.2) is 53.1 Å². The molecule has 24 bridgehead atoms. The van der Waals surface area contributed by atoms with Crippen LogP contribution in [-0.2, 0) is 139 Å². The van der Waals surface area contributed by atoms with Crippen LogP contribution in [0.4, 0.5) is 35.1 Å². The first kappa shape index (κ1) is 122. The number of esters is 2. The van der Waals surface area contributed by atoms with Crippen LogP contribution < -0.4 is 0 Å². The Balaban J connectivity index is 0.000000150. The highest BCUT2D eigenvalue weighted by Gasteiger charge is 2.66. The van der Waals surface area contributed by atoms with Gasteiger partial charge >= 0.3 is 129 Å². The smallest absolute Gasteiger partial charge is 0.359 e. The van der Waals surface area contributed by atoms with E-state index < -0.39 is 217 Å². The molecule has 0 aromatic heterocycles. The fourth-order valence-corrected chi connectivity index (χ4v) is 39.6. The molecule has 1 saturated heterocycles. The van der Waals surface area contributed by atoms with Crippen molar-refractivity contribution in [2.24, 2.45) is 111 Å². The van der Waals surface area contributed by atoms with Crippen molar-refractivity contribution in [3.05, 3.63) is 0 Å². The van der Waals surface area contributed by atoms with Crippen molar-refractivity contribution in [2.75, 3.05) is 13.1 Å². The van der Waals surface area contributed by atoms with Crippen LogP contribution in [0.5, 0.6) is 0 Å². The van der Waals surface area contributed by atoms with E-state index in [9.17, 15) is 148 Å². The maximum atomic E-state index is 13.8. The number of ether oxygens (including phenoxy) is 2. The molecule has 1 amide bonds. The van der Waals surface area contributed by atoms with E-state index in [1.807, 2.05) is 0 Å². The number of rotatable bonds is 33. The van der Waals surface area contributed by atoms with E-state index in [1.165, 1.54) is 32.1 Å². The van der Waals surface area contributed by atoms with Gasteiger partial charge in [-0.2, -0.15) is 75.8 Å². The van der Waals surface area contributed by atoms with Crippen molar-refractivity contribution in [2.45, 2.75) is 391 Å². The molecule has 10 N–H and O–H groups in total. The number of halogens is 8. The summed E-state index contributed by atoms with van der Waals surface area (Å²) in [5.41, 5.74) is -22.3. The third-order valence-corrected chi connectivity index (χ3v) is 46.1. The molecular formula is C90H140F8N2O37S10. The summed E-state index contributed by atoms with van der Waals surface area (Å²) in [5.74, 6) is 0.560. The largest absolute Gasteiger partial charge is 0.456 e. The fourth-order valence-electron chi connectivity index (χ4n) is 31.4. The van der Waals surface area contributed by atoms with E-state index in [0.717, 1.165) is 165 Å². The number of piperidine rings is 1. The Morgan fingerprint density at radius 3 is 0.925 bits per heavy atom. The van der Waals surface area contributed by atoms with Gasteiger partial charge in [-0.3, -0.25) is 55.0 Å². The third kappa shape index (κ3) is 29.9. The van der Waals surface area contributed by atoms with Crippen LogP contribution in [0, 0.1) is 117 Å². The lowest BCUT2D eigenvalue weighted by Gasteiger charge is -2.59. The lowest BCUT2D eigenvalue weighted by molar-refractivity contribution is -0.221. The highest BCUT2D eigenvalue weighted by atomic mass is 32.3. The summed E-state index contributed by atoms with van der Waals surface area (Å²) in [6.45, 7) is 2.88. The zero-order valence-corrected chi connectivity index (χ0v) is 89.7. The topological polar surface area (TPSA) is 664 Å². The van der Waals surface area contributed by atoms with Gasteiger partial charge in [0.1, 0.15) is 11.2 Å². The van der Waals surface area contributed by atoms with Crippen LogP contribution >= 0.6 is 0 Å². The van der Waals surface area contributed by atoms with Gasteiger partial charge in [-0.1, -0.05) is 58.3 Å². The third-order valence-electron chi connectivity index (χ3n) is 34.6. The van der Waals surface area contributed by atoms with Crippen LogP contribution in [0.15, 0.2) is 0 Å². The second-order valence-corrected chi connectivity index (χ2v) is 62.9. The van der Waals surface area contributed by atoms with Gasteiger partial charge in [-0.05, 0) is 351 Å². The molecule has 24 saturated carbocycles. The summed E-state index contributed by atoms with van der Waals surface area (Å²) in [4.78, 5) is 52.0. The minimum absolute atomic E-state index is 0.128. The van der Waals surface area contributed by atoms with Gasteiger partial charge in [0.05, 0.1) is 21.7 Å². The number of alkyl halides is 8. The van der Waals surface area contributed by atoms with Gasteiger partial charge in [-0.15, -0.1) is 0 Å². The SMILES string of the molecule is CCCCCCCCCCCC(=O)C(F)S(=O)(=O)O.N=C(C(F)S(=O)(=O)O)C12CC3CC(CC(C3)C1)C2.O=C(C(F)S(=O)(=O)O)C12CC3CC(CC(C3)C1)C2.O=C(C(F)S(=O)(=O)O)N1CCCCC1.O=C(OC12CC3CC(CC(C3)C1)C2)C(F)S(=O)(=O)O.O=C(OC12CC3CC(CC(O)(C3)C1)C2)C(F)S(=O)(=O)O.O=S(=O)(O)C(F)S(=O)(=O)C12CC3CC(CC(C3)C1)C2.O=S(=O)(O)C(F)S(=O)(=O)OC12CC3CC(CC(C3)C1)C2. The Hall–Kier alpha value is -4.04. The summed E-state index contributed by atoms with van der Waals surface area (Å²) in [6, 6.07) is 0. The zero-order chi connectivity index (χ0) is 109. The Labute approximate surface area is 854 Å². The van der Waals surface area contributed by atoms with Crippen molar-refractivity contribution in [1.82, 2.24) is 4.90 Å². The van der Waals surface area contributed by atoms with Crippen molar-refractivity contribution in [3.63, 3.8) is 0 Å². The average Bonchev–Trinajstić information content (AvgIpc) is 0.676. The number of ketones is 2. The number of Topliss-reactive ketones (excluding diaryl/α,β-unsaturated/α-hetero) is 2. The number of unbranched alkanes of at least 4 members (excludes halogenated alkanes) is 8. The Morgan fingerprint density at radius 1 is 0.320 bits per heavy atom. The Morgan fingerprint density at radius 2 is 0.605 bits per heavy atom. The standard InChI is InChI=1S/C13H25FO4S.C12H18FNO3S.C12H17FO6S.C12H17FO5S.C12H17FO4S.C11H17FO6S2.C11H17FO5S2.C7H12FNO4S/c1-2-3-4-5-6-7-8-9-10-11-12(15)13(14)19(16,17)18;13-11(18(15,16)17)10(14)12-4-7-1-8(5-12)3-9(2-7)6-12;13-9(20(16,17)18)10(14)19-12-4-7-1-8(5-12)3-11(15,2-7)6-12;13-10(19(15,16)17)11(14)18-12-4-7-1-8(5-12)3-9(2-7)6-12;13-11(18(15,16)17)10(14)12-4-7-1-8(5-12)3-9(2-7)6-12;12-10(19(13,14)15)20(16,17)18-11-4-7-1-8(5-11)3-9(2-7)6-11;12-10(19(15,16)17)18(13,14)11-4-7-1-8(5-11)3-9(2-7)6-11;8-6(14(11,12)13)7(10)9-4-2-1-3-5-9/h13H,2-11H2,1H3,(H,16,17,18);7-9,11,14H,1-6H2,(H,15,16,17);7-9,15H,1-6H2,(H,16,17,18);7-10H,1-6H2,(H,15,16,17);7-9,11H,1-6H2,(H,15,16,17);7-10H,1-6H2,(H,13,14,15);7-10H,1-6H2,(H,15,16,17);6H,1-5H2,(H,11,12,13). The van der Waals surface area contributed by atoms with Gasteiger partial charge in [0.2, 0.25) is 9.84 Å². The molecule has 848 valence electrons. The van der Waals surface area contributed by atoms with E-state index in [-0.39, 0.29) is 42.4 Å². The summed E-state index contributed by atoms with van der Waals surface area (Å²) < 4.78 is 408. The molecular weight excluding hydrogens is 2170 g/mol. The Kier molecular flexibility index (Phi) is 37.9. The highest BCUT2D eigenvalue weighted by Crippen LogP contribution is 2.66.